The lowest BCUT2D eigenvalue weighted by Gasteiger charge is -2.31. The Balaban J connectivity index is 1.79. The van der Waals surface area contributed by atoms with Crippen LogP contribution in [0.3, 0.4) is 0 Å². The largest absolute Gasteiger partial charge is 0.478 e. The molecule has 2 bridgehead atoms. The lowest BCUT2D eigenvalue weighted by Crippen LogP contribution is -2.31. The summed E-state index contributed by atoms with van der Waals surface area (Å²) in [6.45, 7) is 6.00. The molecule has 1 aromatic carbocycles. The van der Waals surface area contributed by atoms with Crippen molar-refractivity contribution in [1.29, 1.82) is 0 Å². The van der Waals surface area contributed by atoms with Crippen LogP contribution in [0.25, 0.3) is 0 Å². The maximum Gasteiger partial charge on any atom is 0.335 e. The van der Waals surface area contributed by atoms with E-state index in [0.29, 0.717) is 12.1 Å². The predicted octanol–water partition coefficient (Wildman–Crippen LogP) is 4.38. The molecule has 1 amide bonds. The number of aromatic carboxylic acids is 1. The third-order valence-corrected chi connectivity index (χ3v) is 5.90. The maximum atomic E-state index is 12.9. The molecule has 5 nitrogen and oxygen atoms in total. The van der Waals surface area contributed by atoms with Gasteiger partial charge in [0.1, 0.15) is 0 Å². The van der Waals surface area contributed by atoms with E-state index < -0.39 is 5.97 Å². The van der Waals surface area contributed by atoms with Gasteiger partial charge in [-0.1, -0.05) is 50.3 Å². The summed E-state index contributed by atoms with van der Waals surface area (Å²) >= 11 is 0. The SMILES string of the molecule is CCC1=C2/C=C\C=C(\C(=O)NCc3ccc(C(=O)O)cc3)C(C)C(C=C1C(C)=O)C2. The maximum absolute atomic E-state index is 12.9. The molecular weight excluding hydrogens is 378 g/mol. The molecule has 0 fully saturated rings. The minimum atomic E-state index is -0.976. The van der Waals surface area contributed by atoms with E-state index in [4.69, 9.17) is 5.11 Å². The molecule has 0 aliphatic heterocycles. The molecule has 156 valence electrons. The van der Waals surface area contributed by atoms with Gasteiger partial charge in [-0.3, -0.25) is 9.59 Å². The summed E-state index contributed by atoms with van der Waals surface area (Å²) in [7, 11) is 0. The van der Waals surface area contributed by atoms with Crippen LogP contribution in [0.1, 0.15) is 49.5 Å². The molecule has 2 N–H and O–H groups in total. The first-order valence-corrected chi connectivity index (χ1v) is 10.3. The number of allylic oxidation sites excluding steroid dienone is 7. The molecule has 2 atom stereocenters. The van der Waals surface area contributed by atoms with Gasteiger partial charge in [-0.25, -0.2) is 4.79 Å². The molecule has 0 saturated heterocycles. The number of hydrogen-bond acceptors (Lipinski definition) is 3. The summed E-state index contributed by atoms with van der Waals surface area (Å²) < 4.78 is 0. The lowest BCUT2D eigenvalue weighted by atomic mass is 9.73. The van der Waals surface area contributed by atoms with E-state index in [0.717, 1.165) is 29.6 Å². The minimum Gasteiger partial charge on any atom is -0.478 e. The van der Waals surface area contributed by atoms with Crippen molar-refractivity contribution in [2.45, 2.75) is 40.2 Å². The van der Waals surface area contributed by atoms with E-state index in [1.165, 1.54) is 17.7 Å². The molecule has 30 heavy (non-hydrogen) atoms. The van der Waals surface area contributed by atoms with Gasteiger partial charge in [0.05, 0.1) is 5.56 Å². The summed E-state index contributed by atoms with van der Waals surface area (Å²) in [6.07, 6.45) is 9.45. The van der Waals surface area contributed by atoms with Crippen molar-refractivity contribution in [3.63, 3.8) is 0 Å². The molecular formula is C25H27NO4. The normalized spacial score (nSPS) is 23.4. The van der Waals surface area contributed by atoms with Gasteiger partial charge < -0.3 is 10.4 Å². The van der Waals surface area contributed by atoms with E-state index in [-0.39, 0.29) is 29.1 Å². The fourth-order valence-electron chi connectivity index (χ4n) is 4.14. The zero-order valence-electron chi connectivity index (χ0n) is 17.6. The highest BCUT2D eigenvalue weighted by Gasteiger charge is 2.30. The standard InChI is InChI=1S/C25H27NO4/c1-4-21-19-6-5-7-22(15(2)20(12-19)13-23(21)16(3)27)24(28)26-14-17-8-10-18(11-9-17)25(29)30/h5-11,13,15,20H,4,12,14H2,1-3H3,(H,26,28)(H,29,30)/b6-5-,22-7+. The van der Waals surface area contributed by atoms with Gasteiger partial charge in [-0.2, -0.15) is 0 Å². The molecule has 2 aliphatic rings. The fourth-order valence-corrected chi connectivity index (χ4v) is 4.14. The quantitative estimate of drug-likeness (QED) is 0.736. The van der Waals surface area contributed by atoms with Crippen LogP contribution in [-0.2, 0) is 16.1 Å². The number of ketones is 1. The molecule has 5 heteroatoms. The van der Waals surface area contributed by atoms with Crippen molar-refractivity contribution >= 4 is 17.7 Å². The third kappa shape index (κ3) is 4.51. The molecule has 2 unspecified atom stereocenters. The average Bonchev–Trinajstić information content (AvgIpc) is 2.73. The first-order chi connectivity index (χ1) is 14.3. The van der Waals surface area contributed by atoms with Gasteiger partial charge in [0.2, 0.25) is 5.91 Å². The lowest BCUT2D eigenvalue weighted by molar-refractivity contribution is -0.118. The zero-order chi connectivity index (χ0) is 21.8. The topological polar surface area (TPSA) is 83.5 Å². The van der Waals surface area contributed by atoms with Crippen LogP contribution in [0, 0.1) is 11.8 Å². The average molecular weight is 405 g/mol. The molecule has 2 aliphatic carbocycles. The number of Topliss-reactive ketones (excluding diaryl/α,β-unsaturated/α-hetero) is 1. The number of carboxylic acid groups (broad SMARTS) is 1. The minimum absolute atomic E-state index is 0.0351. The molecule has 0 radical (unpaired) electrons. The summed E-state index contributed by atoms with van der Waals surface area (Å²) in [5.41, 5.74) is 4.78. The number of carbonyl (C=O) groups excluding carboxylic acids is 2. The third-order valence-electron chi connectivity index (χ3n) is 5.90. The Morgan fingerprint density at radius 1 is 1.17 bits per heavy atom. The molecule has 0 saturated carbocycles. The molecule has 3 rings (SSSR count). The van der Waals surface area contributed by atoms with E-state index in [1.807, 2.05) is 31.2 Å². The van der Waals surface area contributed by atoms with Crippen molar-refractivity contribution in [3.05, 3.63) is 82.0 Å². The Hall–Kier alpha value is -3.21. The van der Waals surface area contributed by atoms with Crippen molar-refractivity contribution in [2.75, 3.05) is 0 Å². The summed E-state index contributed by atoms with van der Waals surface area (Å²) in [6, 6.07) is 6.46. The number of amides is 1. The van der Waals surface area contributed by atoms with E-state index in [9.17, 15) is 14.4 Å². The van der Waals surface area contributed by atoms with Gasteiger partial charge in [0.25, 0.3) is 0 Å². The Morgan fingerprint density at radius 2 is 1.87 bits per heavy atom. The highest BCUT2D eigenvalue weighted by molar-refractivity contribution is 5.99. The van der Waals surface area contributed by atoms with Crippen LogP contribution < -0.4 is 5.32 Å². The summed E-state index contributed by atoms with van der Waals surface area (Å²) in [5, 5.41) is 11.9. The monoisotopic (exact) mass is 405 g/mol. The van der Waals surface area contributed by atoms with Crippen molar-refractivity contribution in [3.8, 4) is 0 Å². The van der Waals surface area contributed by atoms with Crippen LogP contribution in [0.15, 0.2) is 70.9 Å². The van der Waals surface area contributed by atoms with Gasteiger partial charge in [-0.15, -0.1) is 0 Å². The number of carboxylic acids is 1. The Labute approximate surface area is 176 Å². The summed E-state index contributed by atoms with van der Waals surface area (Å²) in [4.78, 5) is 36.1. The highest BCUT2D eigenvalue weighted by atomic mass is 16.4. The smallest absolute Gasteiger partial charge is 0.335 e. The number of nitrogens with one attached hydrogen (secondary N) is 1. The molecule has 0 heterocycles. The van der Waals surface area contributed by atoms with Gasteiger partial charge in [0, 0.05) is 17.7 Å². The van der Waals surface area contributed by atoms with E-state index in [1.54, 1.807) is 19.1 Å². The Morgan fingerprint density at radius 3 is 2.47 bits per heavy atom. The van der Waals surface area contributed by atoms with Gasteiger partial charge in [0.15, 0.2) is 5.78 Å². The number of hydrogen-bond donors (Lipinski definition) is 2. The molecule has 1 aromatic rings. The van der Waals surface area contributed by atoms with Crippen LogP contribution in [0.5, 0.6) is 0 Å². The van der Waals surface area contributed by atoms with Crippen LogP contribution in [0.4, 0.5) is 0 Å². The Kier molecular flexibility index (Phi) is 6.50. The first-order valence-electron chi connectivity index (χ1n) is 10.3. The molecule has 0 spiro atoms. The number of fused-ring (bicyclic) bond motifs is 2. The highest BCUT2D eigenvalue weighted by Crippen LogP contribution is 2.39. The first kappa shape index (κ1) is 21.5. The van der Waals surface area contributed by atoms with Crippen LogP contribution >= 0.6 is 0 Å². The predicted molar refractivity (Wildman–Crippen MR) is 116 cm³/mol. The number of carbonyl (C=O) groups is 3. The van der Waals surface area contributed by atoms with Crippen LogP contribution in [0.2, 0.25) is 0 Å². The number of rotatable bonds is 6. The van der Waals surface area contributed by atoms with Gasteiger partial charge >= 0.3 is 5.97 Å². The van der Waals surface area contributed by atoms with Crippen LogP contribution in [-0.4, -0.2) is 22.8 Å². The second-order valence-electron chi connectivity index (χ2n) is 7.82. The van der Waals surface area contributed by atoms with E-state index in [2.05, 4.69) is 12.2 Å². The van der Waals surface area contributed by atoms with Gasteiger partial charge in [-0.05, 0) is 60.4 Å². The second kappa shape index (κ2) is 9.08. The van der Waals surface area contributed by atoms with Crippen molar-refractivity contribution in [1.82, 2.24) is 5.32 Å². The number of benzene rings is 1. The fraction of sp³-hybridized carbons (Fsp3) is 0.320. The summed E-state index contributed by atoms with van der Waals surface area (Å²) in [5.74, 6) is -1.01. The van der Waals surface area contributed by atoms with E-state index >= 15 is 0 Å². The molecule has 0 aromatic heterocycles. The Bertz CT molecular complexity index is 992. The van der Waals surface area contributed by atoms with Crippen molar-refractivity contribution in [2.24, 2.45) is 11.8 Å². The second-order valence-corrected chi connectivity index (χ2v) is 7.82. The zero-order valence-corrected chi connectivity index (χ0v) is 17.6. The van der Waals surface area contributed by atoms with Crippen molar-refractivity contribution < 1.29 is 19.5 Å².